The summed E-state index contributed by atoms with van der Waals surface area (Å²) in [6.45, 7) is 1.29. The van der Waals surface area contributed by atoms with E-state index in [-0.39, 0.29) is 42.8 Å². The number of benzene rings is 2. The van der Waals surface area contributed by atoms with Gasteiger partial charge in [-0.25, -0.2) is 19.6 Å². The molecule has 0 fully saturated rings. The van der Waals surface area contributed by atoms with Crippen LogP contribution in [0.2, 0.25) is 0 Å². The minimum atomic E-state index is -1.09. The Bertz CT molecular complexity index is 1550. The van der Waals surface area contributed by atoms with Gasteiger partial charge in [0.05, 0.1) is 12.4 Å². The molecule has 0 bridgehead atoms. The number of aromatic carboxylic acids is 1. The molecule has 0 aliphatic heterocycles. The Morgan fingerprint density at radius 3 is 1.45 bits per heavy atom. The van der Waals surface area contributed by atoms with Crippen LogP contribution in [0.4, 0.5) is 0 Å². The maximum absolute atomic E-state index is 11.9. The zero-order valence-corrected chi connectivity index (χ0v) is 34.1. The van der Waals surface area contributed by atoms with E-state index in [1.165, 1.54) is 44.1 Å². The molecule has 2 atom stereocenters. The number of carbonyl (C=O) groups excluding carboxylic acids is 2. The van der Waals surface area contributed by atoms with E-state index in [0.29, 0.717) is 6.42 Å². The first-order valence-corrected chi connectivity index (χ1v) is 27.3. The van der Waals surface area contributed by atoms with Gasteiger partial charge >= 0.3 is 82.8 Å². The molecule has 0 aliphatic rings. The predicted molar refractivity (Wildman–Crippen MR) is 218 cm³/mol. The van der Waals surface area contributed by atoms with Crippen LogP contribution in [-0.4, -0.2) is 76.4 Å². The molecular weight excluding hydrogens is 1060 g/mol. The van der Waals surface area contributed by atoms with Crippen LogP contribution >= 0.6 is 71.5 Å². The van der Waals surface area contributed by atoms with Crippen LogP contribution in [0.3, 0.4) is 0 Å². The molecule has 0 radical (unpaired) electrons. The van der Waals surface area contributed by atoms with Gasteiger partial charge in [0.15, 0.2) is 5.69 Å². The van der Waals surface area contributed by atoms with Crippen molar-refractivity contribution in [3.8, 4) is 0 Å². The third kappa shape index (κ3) is 29.5. The van der Waals surface area contributed by atoms with E-state index in [2.05, 4.69) is 96.8 Å². The van der Waals surface area contributed by atoms with Crippen LogP contribution in [0.1, 0.15) is 53.9 Å². The molecule has 0 spiro atoms. The number of rotatable bonds is 9. The summed E-state index contributed by atoms with van der Waals surface area (Å²) < 4.78 is 0. The van der Waals surface area contributed by atoms with Crippen LogP contribution < -0.4 is 11.1 Å². The van der Waals surface area contributed by atoms with Crippen molar-refractivity contribution >= 4 is 101 Å². The fraction of sp³-hybridized carbons (Fsp3) is 0.219. The van der Waals surface area contributed by atoms with Gasteiger partial charge in [-0.05, 0) is 29.1 Å². The number of nitrogens with one attached hydrogen (secondary N) is 1. The molecule has 278 valence electrons. The Kier molecular flexibility index (Phi) is 32.8. The van der Waals surface area contributed by atoms with Crippen molar-refractivity contribution in [1.29, 1.82) is 0 Å². The van der Waals surface area contributed by atoms with Crippen molar-refractivity contribution in [1.82, 2.24) is 25.3 Å². The fourth-order valence-electron chi connectivity index (χ4n) is 3.06. The number of hydrogen-bond acceptors (Lipinski definition) is 10. The molecule has 4 rings (SSSR count). The molecular formula is C32H39ClI3N6O8V. The first-order chi connectivity index (χ1) is 23.1. The topological polar surface area (TPSA) is 236 Å². The molecule has 4 aromatic rings. The van der Waals surface area contributed by atoms with E-state index >= 15 is 0 Å². The van der Waals surface area contributed by atoms with Crippen molar-refractivity contribution in [3.63, 3.8) is 0 Å². The zero-order valence-electron chi connectivity index (χ0n) is 25.5. The molecule has 0 saturated carbocycles. The molecule has 1 amide bonds. The third-order valence-electron chi connectivity index (χ3n) is 5.08. The molecule has 6 N–H and O–H groups in total. The van der Waals surface area contributed by atoms with Gasteiger partial charge in [0.25, 0.3) is 5.91 Å². The molecule has 0 aliphatic carbocycles. The summed E-state index contributed by atoms with van der Waals surface area (Å²) in [5, 5.41) is 28.1. The van der Waals surface area contributed by atoms with Gasteiger partial charge in [-0.1, -0.05) is 75.5 Å². The number of aliphatic carboxylic acids is 2. The van der Waals surface area contributed by atoms with E-state index < -0.39 is 35.9 Å². The maximum atomic E-state index is 11.9. The van der Waals surface area contributed by atoms with Gasteiger partial charge in [0.2, 0.25) is 5.24 Å². The second kappa shape index (κ2) is 31.9. The van der Waals surface area contributed by atoms with Crippen LogP contribution in [0, 0.1) is 0 Å². The van der Waals surface area contributed by atoms with Crippen LogP contribution in [0.5, 0.6) is 0 Å². The Morgan fingerprint density at radius 2 is 1.14 bits per heavy atom. The van der Waals surface area contributed by atoms with E-state index in [4.69, 9.17) is 15.9 Å². The Morgan fingerprint density at radius 1 is 0.745 bits per heavy atom. The summed E-state index contributed by atoms with van der Waals surface area (Å²) in [6.07, 6.45) is 8.66. The molecule has 2 aromatic carbocycles. The second-order valence-electron chi connectivity index (χ2n) is 8.84. The molecule has 14 nitrogen and oxygen atoms in total. The summed E-state index contributed by atoms with van der Waals surface area (Å²) in [6, 6.07) is 16.6. The molecule has 2 aromatic heterocycles. The average molecular weight is 1100 g/mol. The van der Waals surface area contributed by atoms with E-state index in [1.54, 1.807) is 0 Å². The summed E-state index contributed by atoms with van der Waals surface area (Å²) >= 11 is 12.0. The SMILES string of the molecule is C.C.CC(=O)Cl.NC(Cc1ccccc1)C(=O)O.O=C(N[C@@H](Cc1ccccc1)C(=O)O)c1cnccn1.O=C(O)c1cnccn1.[I][V]([I])[I]. The van der Waals surface area contributed by atoms with Crippen molar-refractivity contribution in [2.24, 2.45) is 5.73 Å². The number of carboxylic acids is 3. The summed E-state index contributed by atoms with van der Waals surface area (Å²) in [5.41, 5.74) is 7.19. The summed E-state index contributed by atoms with van der Waals surface area (Å²) in [7, 11) is 0. The quantitative estimate of drug-likeness (QED) is 0.0901. The van der Waals surface area contributed by atoms with E-state index in [9.17, 15) is 29.1 Å². The summed E-state index contributed by atoms with van der Waals surface area (Å²) in [4.78, 5) is 67.2. The van der Waals surface area contributed by atoms with Crippen molar-refractivity contribution in [2.75, 3.05) is 0 Å². The Labute approximate surface area is 339 Å². The van der Waals surface area contributed by atoms with Crippen LogP contribution in [0.25, 0.3) is 0 Å². The van der Waals surface area contributed by atoms with Crippen molar-refractivity contribution in [3.05, 3.63) is 120 Å². The molecule has 0 saturated heterocycles. The fourth-order valence-corrected chi connectivity index (χ4v) is 3.06. The Balaban J connectivity index is -0.000000637. The van der Waals surface area contributed by atoms with Crippen LogP contribution in [0.15, 0.2) is 97.8 Å². The molecule has 1 unspecified atom stereocenters. The minimum absolute atomic E-state index is 0. The number of carbonyl (C=O) groups is 5. The standard InChI is InChI=1S/C14H13N3O3.C9H11NO2.C5H4N2O2.C2H3ClO.2CH4.3HI.V/c18-13(12-9-15-6-7-16-12)17-11(14(19)20)8-10-4-2-1-3-5-10;10-8(9(11)12)6-7-4-2-1-3-5-7;8-5(9)4-3-6-1-2-7-4;1-2(3)4;;;;;;/h1-7,9,11H,8H2,(H,17,18)(H,19,20);1-5,8H,6,10H2,(H,11,12);1-3H,(H,8,9);1H3;2*1H4;3*1H;/q;;;;;;;;;+3/p-3/t11-;;;;;;;;;/m0........./s1. The normalized spacial score (nSPS) is 10.3. The third-order valence-corrected chi connectivity index (χ3v) is 5.08. The number of aromatic nitrogens is 4. The first-order valence-electron chi connectivity index (χ1n) is 13.4. The van der Waals surface area contributed by atoms with Gasteiger partial charge in [0, 0.05) is 38.1 Å². The first kappa shape index (κ1) is 52.5. The van der Waals surface area contributed by atoms with Crippen LogP contribution in [-0.2, 0) is 32.1 Å². The van der Waals surface area contributed by atoms with E-state index in [0.717, 1.165) is 11.1 Å². The number of carboxylic acid groups (broad SMARTS) is 3. The number of amides is 1. The van der Waals surface area contributed by atoms with E-state index in [1.807, 2.05) is 60.7 Å². The second-order valence-corrected chi connectivity index (χ2v) is 44.7. The average Bonchev–Trinajstić information content (AvgIpc) is 3.06. The van der Waals surface area contributed by atoms with Gasteiger partial charge in [-0.15, -0.1) is 0 Å². The predicted octanol–water partition coefficient (Wildman–Crippen LogP) is 6.42. The number of nitrogens with two attached hydrogens (primary N) is 1. The zero-order chi connectivity index (χ0) is 37.2. The monoisotopic (exact) mass is 1100 g/mol. The molecule has 19 heteroatoms. The number of hydrogen-bond donors (Lipinski definition) is 5. The van der Waals surface area contributed by atoms with Crippen molar-refractivity contribution < 1.29 is 44.2 Å². The molecule has 2 heterocycles. The number of halogens is 4. The number of nitrogens with zero attached hydrogens (tertiary/aromatic N) is 4. The van der Waals surface area contributed by atoms with Gasteiger partial charge in [-0.2, -0.15) is 0 Å². The summed E-state index contributed by atoms with van der Waals surface area (Å²) in [5.74, 6) is -3.66. The van der Waals surface area contributed by atoms with Gasteiger partial charge < -0.3 is 26.4 Å². The Hall–Kier alpha value is -2.83. The molecule has 51 heavy (non-hydrogen) atoms. The van der Waals surface area contributed by atoms with Crippen molar-refractivity contribution in [2.45, 2.75) is 46.7 Å². The van der Waals surface area contributed by atoms with Gasteiger partial charge in [-0.3, -0.25) is 24.4 Å². The van der Waals surface area contributed by atoms with Gasteiger partial charge in [0.1, 0.15) is 17.8 Å².